The van der Waals surface area contributed by atoms with Crippen molar-refractivity contribution in [2.45, 2.75) is 46.7 Å². The van der Waals surface area contributed by atoms with Crippen molar-refractivity contribution in [3.05, 3.63) is 52.8 Å². The molecule has 1 atom stereocenters. The predicted octanol–water partition coefficient (Wildman–Crippen LogP) is 3.41. The Kier molecular flexibility index (Phi) is 4.96. The molecule has 108 valence electrons. The van der Waals surface area contributed by atoms with Gasteiger partial charge in [-0.05, 0) is 50.9 Å². The Balaban J connectivity index is 2.27. The molecular weight excluding hydrogens is 246 g/mol. The first-order valence-electron chi connectivity index (χ1n) is 7.46. The van der Waals surface area contributed by atoms with Crippen molar-refractivity contribution in [2.24, 2.45) is 0 Å². The molecule has 0 fully saturated rings. The van der Waals surface area contributed by atoms with E-state index < -0.39 is 0 Å². The summed E-state index contributed by atoms with van der Waals surface area (Å²) < 4.78 is 2.08. The molecule has 0 saturated heterocycles. The van der Waals surface area contributed by atoms with E-state index in [1.165, 1.54) is 22.4 Å². The number of benzene rings is 1. The van der Waals surface area contributed by atoms with E-state index in [1.54, 1.807) is 0 Å². The zero-order valence-corrected chi connectivity index (χ0v) is 13.0. The minimum atomic E-state index is 0.322. The SMILES string of the molecule is CCNC(Cc1cc(C)ccc1C)c1ccnn1CC. The van der Waals surface area contributed by atoms with E-state index in [0.29, 0.717) is 6.04 Å². The summed E-state index contributed by atoms with van der Waals surface area (Å²) in [6.45, 7) is 10.5. The molecule has 3 nitrogen and oxygen atoms in total. The Morgan fingerprint density at radius 2 is 2.00 bits per heavy atom. The van der Waals surface area contributed by atoms with Crippen LogP contribution in [0.15, 0.2) is 30.5 Å². The van der Waals surface area contributed by atoms with Crippen molar-refractivity contribution in [3.63, 3.8) is 0 Å². The molecule has 0 aliphatic heterocycles. The van der Waals surface area contributed by atoms with Gasteiger partial charge in [-0.2, -0.15) is 5.10 Å². The number of aromatic nitrogens is 2. The van der Waals surface area contributed by atoms with Gasteiger partial charge in [-0.1, -0.05) is 30.7 Å². The van der Waals surface area contributed by atoms with Crippen LogP contribution in [-0.2, 0) is 13.0 Å². The summed E-state index contributed by atoms with van der Waals surface area (Å²) in [5.74, 6) is 0. The van der Waals surface area contributed by atoms with Gasteiger partial charge in [0.1, 0.15) is 0 Å². The standard InChI is InChI=1S/C17H25N3/c1-5-18-16(17-9-10-19-20(17)6-2)12-15-11-13(3)7-8-14(15)4/h7-11,16,18H,5-6,12H2,1-4H3. The molecule has 0 bridgehead atoms. The third kappa shape index (κ3) is 3.28. The topological polar surface area (TPSA) is 29.9 Å². The summed E-state index contributed by atoms with van der Waals surface area (Å²) >= 11 is 0. The summed E-state index contributed by atoms with van der Waals surface area (Å²) in [6.07, 6.45) is 2.90. The lowest BCUT2D eigenvalue weighted by Gasteiger charge is -2.20. The maximum Gasteiger partial charge on any atom is 0.0556 e. The second kappa shape index (κ2) is 6.71. The average molecular weight is 271 g/mol. The lowest BCUT2D eigenvalue weighted by atomic mass is 9.97. The van der Waals surface area contributed by atoms with Gasteiger partial charge >= 0.3 is 0 Å². The quantitative estimate of drug-likeness (QED) is 0.872. The van der Waals surface area contributed by atoms with E-state index in [1.807, 2.05) is 6.20 Å². The fourth-order valence-corrected chi connectivity index (χ4v) is 2.67. The highest BCUT2D eigenvalue weighted by Crippen LogP contribution is 2.21. The van der Waals surface area contributed by atoms with Crippen molar-refractivity contribution in [1.29, 1.82) is 0 Å². The Labute approximate surface area is 122 Å². The van der Waals surface area contributed by atoms with Crippen LogP contribution in [0.2, 0.25) is 0 Å². The molecule has 2 aromatic rings. The van der Waals surface area contributed by atoms with Crippen molar-refractivity contribution in [2.75, 3.05) is 6.54 Å². The van der Waals surface area contributed by atoms with Crippen LogP contribution in [0.3, 0.4) is 0 Å². The van der Waals surface area contributed by atoms with Crippen LogP contribution >= 0.6 is 0 Å². The van der Waals surface area contributed by atoms with Gasteiger partial charge in [-0.25, -0.2) is 0 Å². The van der Waals surface area contributed by atoms with Gasteiger partial charge in [0.15, 0.2) is 0 Å². The Morgan fingerprint density at radius 3 is 2.70 bits per heavy atom. The molecule has 3 heteroatoms. The Bertz CT molecular complexity index is 557. The molecule has 0 amide bonds. The molecule has 0 aliphatic carbocycles. The van der Waals surface area contributed by atoms with Gasteiger partial charge < -0.3 is 5.32 Å². The van der Waals surface area contributed by atoms with E-state index in [9.17, 15) is 0 Å². The first kappa shape index (κ1) is 14.8. The smallest absolute Gasteiger partial charge is 0.0556 e. The van der Waals surface area contributed by atoms with Crippen LogP contribution in [0.25, 0.3) is 0 Å². The summed E-state index contributed by atoms with van der Waals surface area (Å²) in [6, 6.07) is 9.14. The third-order valence-electron chi connectivity index (χ3n) is 3.79. The highest BCUT2D eigenvalue weighted by atomic mass is 15.3. The number of hydrogen-bond donors (Lipinski definition) is 1. The van der Waals surface area contributed by atoms with E-state index in [2.05, 4.69) is 67.1 Å². The molecule has 1 unspecified atom stereocenters. The first-order chi connectivity index (χ1) is 9.65. The maximum absolute atomic E-state index is 4.40. The van der Waals surface area contributed by atoms with Crippen LogP contribution in [0.4, 0.5) is 0 Å². The van der Waals surface area contributed by atoms with Gasteiger partial charge in [0.25, 0.3) is 0 Å². The number of nitrogens with zero attached hydrogens (tertiary/aromatic N) is 2. The molecule has 0 spiro atoms. The molecule has 0 saturated carbocycles. The maximum atomic E-state index is 4.40. The largest absolute Gasteiger partial charge is 0.309 e. The Hall–Kier alpha value is -1.61. The summed E-state index contributed by atoms with van der Waals surface area (Å²) in [4.78, 5) is 0. The van der Waals surface area contributed by atoms with E-state index in [4.69, 9.17) is 0 Å². The summed E-state index contributed by atoms with van der Waals surface area (Å²) in [7, 11) is 0. The third-order valence-corrected chi connectivity index (χ3v) is 3.79. The fraction of sp³-hybridized carbons (Fsp3) is 0.471. The van der Waals surface area contributed by atoms with Crippen molar-refractivity contribution < 1.29 is 0 Å². The van der Waals surface area contributed by atoms with Crippen LogP contribution < -0.4 is 5.32 Å². The second-order valence-electron chi connectivity index (χ2n) is 5.32. The lowest BCUT2D eigenvalue weighted by molar-refractivity contribution is 0.489. The normalized spacial score (nSPS) is 12.6. The zero-order chi connectivity index (χ0) is 14.5. The molecule has 0 radical (unpaired) electrons. The van der Waals surface area contributed by atoms with Gasteiger partial charge in [0.05, 0.1) is 11.7 Å². The molecule has 2 rings (SSSR count). The van der Waals surface area contributed by atoms with E-state index in [-0.39, 0.29) is 0 Å². The van der Waals surface area contributed by atoms with Gasteiger partial charge in [-0.15, -0.1) is 0 Å². The van der Waals surface area contributed by atoms with Crippen LogP contribution in [0, 0.1) is 13.8 Å². The highest BCUT2D eigenvalue weighted by molar-refractivity contribution is 5.32. The van der Waals surface area contributed by atoms with E-state index >= 15 is 0 Å². The van der Waals surface area contributed by atoms with Crippen LogP contribution in [0.1, 0.15) is 42.3 Å². The number of nitrogens with one attached hydrogen (secondary N) is 1. The molecule has 1 N–H and O–H groups in total. The van der Waals surface area contributed by atoms with Crippen molar-refractivity contribution in [1.82, 2.24) is 15.1 Å². The predicted molar refractivity (Wildman–Crippen MR) is 83.9 cm³/mol. The number of aryl methyl sites for hydroxylation is 3. The summed E-state index contributed by atoms with van der Waals surface area (Å²) in [5, 5.41) is 7.99. The average Bonchev–Trinajstić information content (AvgIpc) is 2.90. The number of likely N-dealkylation sites (N-methyl/N-ethyl adjacent to an activating group) is 1. The minimum Gasteiger partial charge on any atom is -0.309 e. The van der Waals surface area contributed by atoms with Crippen molar-refractivity contribution in [3.8, 4) is 0 Å². The number of rotatable bonds is 6. The monoisotopic (exact) mass is 271 g/mol. The van der Waals surface area contributed by atoms with Gasteiger partial charge in [0.2, 0.25) is 0 Å². The van der Waals surface area contributed by atoms with E-state index in [0.717, 1.165) is 19.5 Å². The molecule has 1 aromatic heterocycles. The van der Waals surface area contributed by atoms with Gasteiger partial charge in [0, 0.05) is 12.7 Å². The molecule has 20 heavy (non-hydrogen) atoms. The first-order valence-corrected chi connectivity index (χ1v) is 7.46. The summed E-state index contributed by atoms with van der Waals surface area (Å²) in [5.41, 5.74) is 5.38. The van der Waals surface area contributed by atoms with Crippen LogP contribution in [-0.4, -0.2) is 16.3 Å². The zero-order valence-electron chi connectivity index (χ0n) is 13.0. The Morgan fingerprint density at radius 1 is 1.20 bits per heavy atom. The molecule has 1 aromatic carbocycles. The molecule has 0 aliphatic rings. The minimum absolute atomic E-state index is 0.322. The van der Waals surface area contributed by atoms with Crippen LogP contribution in [0.5, 0.6) is 0 Å². The lowest BCUT2D eigenvalue weighted by Crippen LogP contribution is -2.26. The fourth-order valence-electron chi connectivity index (χ4n) is 2.67. The molecular formula is C17H25N3. The highest BCUT2D eigenvalue weighted by Gasteiger charge is 2.16. The molecule has 1 heterocycles. The number of hydrogen-bond acceptors (Lipinski definition) is 2. The van der Waals surface area contributed by atoms with Gasteiger partial charge in [-0.3, -0.25) is 4.68 Å². The second-order valence-corrected chi connectivity index (χ2v) is 5.32. The van der Waals surface area contributed by atoms with Crippen molar-refractivity contribution >= 4 is 0 Å².